The number of nitrogens with zero attached hydrogens (tertiary/aromatic N) is 6. The Morgan fingerprint density at radius 2 is 1.63 bits per heavy atom. The maximum absolute atomic E-state index is 13.9. The van der Waals surface area contributed by atoms with Crippen molar-refractivity contribution in [3.8, 4) is 34.6 Å². The molecule has 15 nitrogen and oxygen atoms in total. The van der Waals surface area contributed by atoms with Gasteiger partial charge in [-0.05, 0) is 37.6 Å². The molecule has 0 aliphatic carbocycles. The molecule has 0 fully saturated rings. The lowest BCUT2D eigenvalue weighted by atomic mass is 10.2. The summed E-state index contributed by atoms with van der Waals surface area (Å²) in [4.78, 5) is 12.9. The number of aryl methyl sites for hydroxylation is 1. The summed E-state index contributed by atoms with van der Waals surface area (Å²) in [5.41, 5.74) is 1.39. The maximum Gasteiger partial charge on any atom is 0.243 e. The average Bonchev–Trinajstić information content (AvgIpc) is 3.43. The van der Waals surface area contributed by atoms with Crippen LogP contribution in [0.15, 0.2) is 48.8 Å². The Morgan fingerprint density at radius 3 is 2.23 bits per heavy atom. The molecule has 4 aromatic rings. The van der Waals surface area contributed by atoms with Gasteiger partial charge in [0.25, 0.3) is 0 Å². The van der Waals surface area contributed by atoms with E-state index in [0.29, 0.717) is 28.8 Å². The predicted octanol–water partition coefficient (Wildman–Crippen LogP) is 1.69. The molecule has 0 spiro atoms. The van der Waals surface area contributed by atoms with E-state index < -0.39 is 34.1 Å². The van der Waals surface area contributed by atoms with Gasteiger partial charge in [-0.2, -0.15) is 0 Å². The van der Waals surface area contributed by atoms with Crippen LogP contribution in [0.3, 0.4) is 0 Å². The van der Waals surface area contributed by atoms with Gasteiger partial charge in [-0.3, -0.25) is 9.29 Å². The lowest BCUT2D eigenvalue weighted by Crippen LogP contribution is -2.35. The number of para-hydroxylation sites is 1. The molecule has 230 valence electrons. The van der Waals surface area contributed by atoms with Crippen molar-refractivity contribution in [3.05, 3.63) is 60.2 Å². The number of anilines is 1. The van der Waals surface area contributed by atoms with E-state index in [-0.39, 0.29) is 24.2 Å². The quantitative estimate of drug-likeness (QED) is 0.186. The third-order valence-electron chi connectivity index (χ3n) is 6.33. The second-order valence-electron chi connectivity index (χ2n) is 9.32. The molecule has 0 amide bonds. The SMILES string of the molecule is COc1cccc(-c2nnc(NS(=O)(=O)[C@H](C)[C@@H](OC[C@@H](O)CO)c3ncc(C)cn3)n2-c2c(OC)cccc2OC)n1. The Bertz CT molecular complexity index is 1610. The van der Waals surface area contributed by atoms with Crippen LogP contribution < -0.4 is 18.9 Å². The van der Waals surface area contributed by atoms with Gasteiger partial charge < -0.3 is 29.2 Å². The van der Waals surface area contributed by atoms with Gasteiger partial charge in [-0.15, -0.1) is 10.2 Å². The van der Waals surface area contributed by atoms with Gasteiger partial charge in [-0.1, -0.05) is 12.1 Å². The van der Waals surface area contributed by atoms with Gasteiger partial charge in [0.05, 0.1) is 34.5 Å². The molecule has 1 aromatic carbocycles. The van der Waals surface area contributed by atoms with Crippen LogP contribution in [0.25, 0.3) is 17.2 Å². The molecule has 0 aliphatic heterocycles. The van der Waals surface area contributed by atoms with E-state index in [4.69, 9.17) is 18.9 Å². The molecule has 4 rings (SSSR count). The zero-order valence-electron chi connectivity index (χ0n) is 24.2. The highest BCUT2D eigenvalue weighted by Crippen LogP contribution is 2.38. The first kappa shape index (κ1) is 31.6. The summed E-state index contributed by atoms with van der Waals surface area (Å²) in [6.07, 6.45) is 0.573. The Morgan fingerprint density at radius 1 is 0.977 bits per heavy atom. The number of nitrogens with one attached hydrogen (secondary N) is 1. The van der Waals surface area contributed by atoms with E-state index >= 15 is 0 Å². The summed E-state index contributed by atoms with van der Waals surface area (Å²) in [5.74, 6) is 1.01. The highest BCUT2D eigenvalue weighted by molar-refractivity contribution is 7.93. The molecule has 0 unspecified atom stereocenters. The van der Waals surface area contributed by atoms with E-state index in [2.05, 4.69) is 29.9 Å². The summed E-state index contributed by atoms with van der Waals surface area (Å²) in [7, 11) is 0.0644. The molecule has 0 radical (unpaired) electrons. The molecule has 3 N–H and O–H groups in total. The summed E-state index contributed by atoms with van der Waals surface area (Å²) in [5, 5.41) is 26.2. The van der Waals surface area contributed by atoms with E-state index in [1.54, 1.807) is 43.3 Å². The van der Waals surface area contributed by atoms with Crippen molar-refractivity contribution in [1.29, 1.82) is 0 Å². The first-order valence-electron chi connectivity index (χ1n) is 13.0. The van der Waals surface area contributed by atoms with Crippen LogP contribution >= 0.6 is 0 Å². The number of aliphatic hydroxyl groups is 2. The fraction of sp³-hybridized carbons (Fsp3) is 0.370. The molecule has 0 bridgehead atoms. The third kappa shape index (κ3) is 6.99. The molecule has 0 saturated carbocycles. The minimum atomic E-state index is -4.33. The Hall–Kier alpha value is -4.38. The molecule has 3 heterocycles. The number of sulfonamides is 1. The van der Waals surface area contributed by atoms with Crippen LogP contribution in [-0.2, 0) is 14.8 Å². The van der Waals surface area contributed by atoms with Gasteiger partial charge in [-0.25, -0.2) is 23.4 Å². The minimum absolute atomic E-state index is 0.0720. The first-order chi connectivity index (χ1) is 20.6. The predicted molar refractivity (Wildman–Crippen MR) is 155 cm³/mol. The molecular weight excluding hydrogens is 582 g/mol. The first-order valence-corrected chi connectivity index (χ1v) is 14.6. The molecule has 16 heteroatoms. The number of rotatable bonds is 14. The molecule has 0 aliphatic rings. The molecule has 3 aromatic heterocycles. The van der Waals surface area contributed by atoms with Crippen LogP contribution in [0.1, 0.15) is 24.4 Å². The van der Waals surface area contributed by atoms with Gasteiger partial charge in [0.2, 0.25) is 21.9 Å². The van der Waals surface area contributed by atoms with Crippen LogP contribution in [0.4, 0.5) is 5.95 Å². The van der Waals surface area contributed by atoms with E-state index in [1.807, 2.05) is 0 Å². The van der Waals surface area contributed by atoms with E-state index in [0.717, 1.165) is 5.56 Å². The highest BCUT2D eigenvalue weighted by atomic mass is 32.2. The Balaban J connectivity index is 1.83. The Kier molecular flexibility index (Phi) is 10.1. The standard InChI is InChI=1S/C27H33N7O8S/c1-16-12-28-25(29-13-16)24(42-15-18(36)14-35)17(2)43(37,38)33-27-32-31-26(19-8-6-11-22(30-19)41-5)34(27)23-20(39-3)9-7-10-21(23)40-4/h6-13,17-18,24,35-36H,14-15H2,1-5H3,(H,32,33)/t17-,18+,24-/m1/s1. The van der Waals surface area contributed by atoms with Crippen LogP contribution in [0.5, 0.6) is 17.4 Å². The monoisotopic (exact) mass is 615 g/mol. The van der Waals surface area contributed by atoms with Crippen molar-refractivity contribution in [2.45, 2.75) is 31.3 Å². The second kappa shape index (κ2) is 13.7. The lowest BCUT2D eigenvalue weighted by Gasteiger charge is -2.25. The second-order valence-corrected chi connectivity index (χ2v) is 11.4. The van der Waals surface area contributed by atoms with Crippen LogP contribution in [0, 0.1) is 6.92 Å². The Labute approximate surface area is 248 Å². The van der Waals surface area contributed by atoms with Crippen molar-refractivity contribution in [3.63, 3.8) is 0 Å². The molecule has 43 heavy (non-hydrogen) atoms. The maximum atomic E-state index is 13.9. The van der Waals surface area contributed by atoms with E-state index in [1.165, 1.54) is 45.2 Å². The number of methoxy groups -OCH3 is 3. The molecule has 3 atom stereocenters. The number of aromatic nitrogens is 6. The van der Waals surface area contributed by atoms with Gasteiger partial charge >= 0.3 is 0 Å². The number of ether oxygens (including phenoxy) is 4. The molecular formula is C27H33N7O8S. The van der Waals surface area contributed by atoms with E-state index in [9.17, 15) is 18.6 Å². The van der Waals surface area contributed by atoms with Crippen molar-refractivity contribution < 1.29 is 37.6 Å². The van der Waals surface area contributed by atoms with Gasteiger partial charge in [0.15, 0.2) is 11.6 Å². The summed E-state index contributed by atoms with van der Waals surface area (Å²) >= 11 is 0. The number of benzene rings is 1. The van der Waals surface area contributed by atoms with Crippen LogP contribution in [0.2, 0.25) is 0 Å². The average molecular weight is 616 g/mol. The number of hydrogen-bond acceptors (Lipinski definition) is 13. The van der Waals surface area contributed by atoms with Crippen LogP contribution in [-0.4, -0.2) is 94.2 Å². The normalized spacial score (nSPS) is 13.7. The zero-order chi connectivity index (χ0) is 31.1. The fourth-order valence-corrected chi connectivity index (χ4v) is 5.15. The van der Waals surface area contributed by atoms with Crippen molar-refractivity contribution >= 4 is 16.0 Å². The minimum Gasteiger partial charge on any atom is -0.494 e. The number of pyridine rings is 1. The van der Waals surface area contributed by atoms with Crippen molar-refractivity contribution in [2.75, 3.05) is 39.3 Å². The number of hydrogen-bond donors (Lipinski definition) is 3. The fourth-order valence-electron chi connectivity index (χ4n) is 4.05. The molecule has 0 saturated heterocycles. The zero-order valence-corrected chi connectivity index (χ0v) is 25.0. The lowest BCUT2D eigenvalue weighted by molar-refractivity contribution is -0.0324. The van der Waals surface area contributed by atoms with Crippen molar-refractivity contribution in [1.82, 2.24) is 29.7 Å². The van der Waals surface area contributed by atoms with Gasteiger partial charge in [0.1, 0.15) is 40.3 Å². The van der Waals surface area contributed by atoms with Gasteiger partial charge in [0, 0.05) is 18.5 Å². The summed E-state index contributed by atoms with van der Waals surface area (Å²) in [6.45, 7) is 2.24. The third-order valence-corrected chi connectivity index (χ3v) is 8.03. The van der Waals surface area contributed by atoms with Crippen molar-refractivity contribution in [2.24, 2.45) is 0 Å². The topological polar surface area (TPSA) is 193 Å². The summed E-state index contributed by atoms with van der Waals surface area (Å²) in [6, 6.07) is 10.1. The summed E-state index contributed by atoms with van der Waals surface area (Å²) < 4.78 is 53.9. The highest BCUT2D eigenvalue weighted by Gasteiger charge is 2.36. The largest absolute Gasteiger partial charge is 0.494 e. The smallest absolute Gasteiger partial charge is 0.243 e. The number of aliphatic hydroxyl groups excluding tert-OH is 2.